The summed E-state index contributed by atoms with van der Waals surface area (Å²) in [6.45, 7) is 7.91. The molecule has 2 saturated heterocycles. The second-order valence-electron chi connectivity index (χ2n) is 8.22. The monoisotopic (exact) mass is 453 g/mol. The molecule has 0 amide bonds. The SMILES string of the molecule is CCc1cc(C(F)(F)F)nc(N2CCC(N3CCN(Cc4ccc(Cl)cc4)CC3)C2)n1. The molecule has 2 aliphatic heterocycles. The van der Waals surface area contributed by atoms with Crippen molar-refractivity contribution in [2.45, 2.75) is 38.5 Å². The summed E-state index contributed by atoms with van der Waals surface area (Å²) in [5.41, 5.74) is 0.823. The van der Waals surface area contributed by atoms with Crippen LogP contribution in [0.4, 0.5) is 19.1 Å². The van der Waals surface area contributed by atoms with Gasteiger partial charge in [0.2, 0.25) is 5.95 Å². The number of benzene rings is 1. The van der Waals surface area contributed by atoms with Crippen molar-refractivity contribution < 1.29 is 13.2 Å². The third kappa shape index (κ3) is 5.48. The Balaban J connectivity index is 1.34. The molecule has 168 valence electrons. The number of piperazine rings is 1. The Bertz CT molecular complexity index is 882. The van der Waals surface area contributed by atoms with Crippen LogP contribution in [0.25, 0.3) is 0 Å². The van der Waals surface area contributed by atoms with Crippen molar-refractivity contribution in [1.29, 1.82) is 0 Å². The Hall–Kier alpha value is -1.90. The van der Waals surface area contributed by atoms with Gasteiger partial charge in [-0.2, -0.15) is 13.2 Å². The predicted octanol–water partition coefficient (Wildman–Crippen LogP) is 4.11. The minimum absolute atomic E-state index is 0.204. The van der Waals surface area contributed by atoms with Gasteiger partial charge in [-0.05, 0) is 36.6 Å². The van der Waals surface area contributed by atoms with E-state index in [-0.39, 0.29) is 5.95 Å². The van der Waals surface area contributed by atoms with Crippen LogP contribution in [0.3, 0.4) is 0 Å². The van der Waals surface area contributed by atoms with Crippen LogP contribution in [0, 0.1) is 0 Å². The molecule has 2 aromatic rings. The summed E-state index contributed by atoms with van der Waals surface area (Å²) in [5.74, 6) is 0.204. The fourth-order valence-corrected chi connectivity index (χ4v) is 4.43. The maximum atomic E-state index is 13.2. The summed E-state index contributed by atoms with van der Waals surface area (Å²) in [6, 6.07) is 9.32. The lowest BCUT2D eigenvalue weighted by Crippen LogP contribution is -2.50. The largest absolute Gasteiger partial charge is 0.433 e. The van der Waals surface area contributed by atoms with Crippen LogP contribution in [0.5, 0.6) is 0 Å². The first kappa shape index (κ1) is 22.3. The van der Waals surface area contributed by atoms with Crippen molar-refractivity contribution >= 4 is 17.5 Å². The number of hydrogen-bond acceptors (Lipinski definition) is 5. The minimum Gasteiger partial charge on any atom is -0.339 e. The van der Waals surface area contributed by atoms with Gasteiger partial charge < -0.3 is 4.90 Å². The van der Waals surface area contributed by atoms with E-state index in [1.165, 1.54) is 5.56 Å². The van der Waals surface area contributed by atoms with Gasteiger partial charge in [-0.1, -0.05) is 30.7 Å². The quantitative estimate of drug-likeness (QED) is 0.681. The summed E-state index contributed by atoms with van der Waals surface area (Å²) in [5, 5.41) is 0.746. The lowest BCUT2D eigenvalue weighted by Gasteiger charge is -2.38. The van der Waals surface area contributed by atoms with Gasteiger partial charge in [0.25, 0.3) is 0 Å². The molecular formula is C22H27ClF3N5. The van der Waals surface area contributed by atoms with E-state index in [4.69, 9.17) is 11.6 Å². The van der Waals surface area contributed by atoms with Crippen molar-refractivity contribution in [3.8, 4) is 0 Å². The molecule has 1 aromatic carbocycles. The molecule has 4 rings (SSSR count). The highest BCUT2D eigenvalue weighted by atomic mass is 35.5. The normalized spacial score (nSPS) is 21.1. The molecule has 3 heterocycles. The average Bonchev–Trinajstić information content (AvgIpc) is 3.25. The molecule has 0 aliphatic carbocycles. The van der Waals surface area contributed by atoms with Gasteiger partial charge in [0, 0.05) is 62.6 Å². The number of hydrogen-bond donors (Lipinski definition) is 0. The number of halogens is 4. The first-order valence-corrected chi connectivity index (χ1v) is 11.1. The molecular weight excluding hydrogens is 427 g/mol. The summed E-state index contributed by atoms with van der Waals surface area (Å²) < 4.78 is 39.7. The Labute approximate surface area is 185 Å². The highest BCUT2D eigenvalue weighted by Crippen LogP contribution is 2.30. The van der Waals surface area contributed by atoms with Crippen molar-refractivity contribution in [2.24, 2.45) is 0 Å². The molecule has 9 heteroatoms. The molecule has 1 aromatic heterocycles. The Morgan fingerprint density at radius 3 is 2.39 bits per heavy atom. The third-order valence-electron chi connectivity index (χ3n) is 6.11. The zero-order valence-corrected chi connectivity index (χ0v) is 18.3. The highest BCUT2D eigenvalue weighted by molar-refractivity contribution is 6.30. The number of anilines is 1. The van der Waals surface area contributed by atoms with Crippen LogP contribution in [-0.4, -0.2) is 65.1 Å². The van der Waals surface area contributed by atoms with Crippen LogP contribution in [-0.2, 0) is 19.1 Å². The van der Waals surface area contributed by atoms with Crippen molar-refractivity contribution in [3.63, 3.8) is 0 Å². The van der Waals surface area contributed by atoms with E-state index >= 15 is 0 Å². The average molecular weight is 454 g/mol. The van der Waals surface area contributed by atoms with Gasteiger partial charge in [0.05, 0.1) is 0 Å². The molecule has 5 nitrogen and oxygen atoms in total. The van der Waals surface area contributed by atoms with E-state index in [9.17, 15) is 13.2 Å². The molecule has 31 heavy (non-hydrogen) atoms. The zero-order chi connectivity index (χ0) is 22.0. The number of nitrogens with zero attached hydrogens (tertiary/aromatic N) is 5. The van der Waals surface area contributed by atoms with E-state index in [1.54, 1.807) is 0 Å². The Kier molecular flexibility index (Phi) is 6.69. The van der Waals surface area contributed by atoms with E-state index in [1.807, 2.05) is 24.0 Å². The first-order valence-electron chi connectivity index (χ1n) is 10.7. The molecule has 0 saturated carbocycles. The lowest BCUT2D eigenvalue weighted by atomic mass is 10.1. The summed E-state index contributed by atoms with van der Waals surface area (Å²) in [4.78, 5) is 15.0. The highest BCUT2D eigenvalue weighted by Gasteiger charge is 2.36. The second-order valence-corrected chi connectivity index (χ2v) is 8.66. The van der Waals surface area contributed by atoms with Gasteiger partial charge in [-0.15, -0.1) is 0 Å². The van der Waals surface area contributed by atoms with Crippen LogP contribution < -0.4 is 4.90 Å². The summed E-state index contributed by atoms with van der Waals surface area (Å²) in [7, 11) is 0. The number of rotatable bonds is 5. The smallest absolute Gasteiger partial charge is 0.339 e. The van der Waals surface area contributed by atoms with Crippen LogP contribution in [0.2, 0.25) is 5.02 Å². The van der Waals surface area contributed by atoms with Crippen LogP contribution in [0.1, 0.15) is 30.3 Å². The van der Waals surface area contributed by atoms with E-state index in [0.717, 1.165) is 50.2 Å². The maximum Gasteiger partial charge on any atom is 0.433 e. The Morgan fingerprint density at radius 2 is 1.74 bits per heavy atom. The topological polar surface area (TPSA) is 35.5 Å². The molecule has 1 unspecified atom stereocenters. The second kappa shape index (κ2) is 9.30. The predicted molar refractivity (Wildman–Crippen MR) is 115 cm³/mol. The van der Waals surface area contributed by atoms with Gasteiger partial charge in [-0.3, -0.25) is 9.80 Å². The van der Waals surface area contributed by atoms with E-state index in [0.29, 0.717) is 31.2 Å². The lowest BCUT2D eigenvalue weighted by molar-refractivity contribution is -0.141. The number of aromatic nitrogens is 2. The third-order valence-corrected chi connectivity index (χ3v) is 6.36. The molecule has 0 N–H and O–H groups in total. The zero-order valence-electron chi connectivity index (χ0n) is 17.6. The maximum absolute atomic E-state index is 13.2. The van der Waals surface area contributed by atoms with Gasteiger partial charge in [0.1, 0.15) is 5.69 Å². The minimum atomic E-state index is -4.46. The van der Waals surface area contributed by atoms with Crippen LogP contribution in [0.15, 0.2) is 30.3 Å². The fraction of sp³-hybridized carbons (Fsp3) is 0.545. The number of alkyl halides is 3. The molecule has 2 fully saturated rings. The van der Waals surface area contributed by atoms with Crippen LogP contribution >= 0.6 is 11.6 Å². The molecule has 0 bridgehead atoms. The first-order chi connectivity index (χ1) is 14.8. The molecule has 0 radical (unpaired) electrons. The van der Waals surface area contributed by atoms with E-state index < -0.39 is 11.9 Å². The fourth-order valence-electron chi connectivity index (χ4n) is 4.31. The van der Waals surface area contributed by atoms with Gasteiger partial charge in [-0.25, -0.2) is 9.97 Å². The number of aryl methyl sites for hydroxylation is 1. The summed E-state index contributed by atoms with van der Waals surface area (Å²) in [6.07, 6.45) is -3.09. The van der Waals surface area contributed by atoms with E-state index in [2.05, 4.69) is 31.9 Å². The molecule has 2 aliphatic rings. The summed E-state index contributed by atoms with van der Waals surface area (Å²) >= 11 is 5.96. The Morgan fingerprint density at radius 1 is 1.03 bits per heavy atom. The van der Waals surface area contributed by atoms with Gasteiger partial charge in [0.15, 0.2) is 0 Å². The van der Waals surface area contributed by atoms with Crippen molar-refractivity contribution in [3.05, 3.63) is 52.3 Å². The van der Waals surface area contributed by atoms with Gasteiger partial charge >= 0.3 is 6.18 Å². The van der Waals surface area contributed by atoms with Crippen molar-refractivity contribution in [2.75, 3.05) is 44.2 Å². The standard InChI is InChI=1S/C22H27ClF3N5/c1-2-18-13-20(22(24,25)26)28-21(27-18)31-8-7-19(15-31)30-11-9-29(10-12-30)14-16-3-5-17(23)6-4-16/h3-6,13,19H,2,7-12,14-15H2,1H3. The molecule has 1 atom stereocenters. The van der Waals surface area contributed by atoms with Crippen molar-refractivity contribution in [1.82, 2.24) is 19.8 Å². The molecule has 0 spiro atoms.